The van der Waals surface area contributed by atoms with Crippen molar-refractivity contribution in [2.24, 2.45) is 5.92 Å². The molecule has 0 saturated heterocycles. The van der Waals surface area contributed by atoms with E-state index in [9.17, 15) is 18.4 Å². The highest BCUT2D eigenvalue weighted by Crippen LogP contribution is 2.30. The van der Waals surface area contributed by atoms with Crippen LogP contribution in [0.3, 0.4) is 0 Å². The average molecular weight is 562 g/mol. The number of rotatable bonds is 8. The summed E-state index contributed by atoms with van der Waals surface area (Å²) < 4.78 is 36.8. The Balaban J connectivity index is 1.51. The number of furan rings is 1. The Hall–Kier alpha value is -3.95. The molecule has 0 aliphatic carbocycles. The normalized spacial score (nSPS) is 13.2. The van der Waals surface area contributed by atoms with Crippen LogP contribution < -0.4 is 9.62 Å². The quantitative estimate of drug-likeness (QED) is 0.191. The third-order valence-electron chi connectivity index (χ3n) is 6.34. The van der Waals surface area contributed by atoms with E-state index in [1.165, 1.54) is 0 Å². The molecular formula is C31H33N2O6S-. The number of amides is 1. The van der Waals surface area contributed by atoms with E-state index in [1.54, 1.807) is 71.0 Å². The van der Waals surface area contributed by atoms with Crippen LogP contribution in [0.25, 0.3) is 22.1 Å². The predicted octanol–water partition coefficient (Wildman–Crippen LogP) is 6.63. The zero-order valence-corrected chi connectivity index (χ0v) is 24.2. The molecule has 0 spiro atoms. The zero-order chi connectivity index (χ0) is 29.2. The number of esters is 1. The first kappa shape index (κ1) is 29.0. The van der Waals surface area contributed by atoms with Crippen molar-refractivity contribution in [2.75, 3.05) is 9.62 Å². The van der Waals surface area contributed by atoms with Gasteiger partial charge >= 0.3 is 5.97 Å². The van der Waals surface area contributed by atoms with Crippen LogP contribution in [0.15, 0.2) is 77.2 Å². The summed E-state index contributed by atoms with van der Waals surface area (Å²) in [5.41, 5.74) is 3.36. The van der Waals surface area contributed by atoms with Crippen LogP contribution in [0.5, 0.6) is 0 Å². The molecule has 0 bridgehead atoms. The molecule has 4 rings (SSSR count). The van der Waals surface area contributed by atoms with Crippen molar-refractivity contribution in [1.29, 1.82) is 0 Å². The second kappa shape index (κ2) is 11.7. The number of nitrogens with one attached hydrogen (secondary N) is 1. The van der Waals surface area contributed by atoms with Crippen LogP contribution in [-0.4, -0.2) is 32.3 Å². The van der Waals surface area contributed by atoms with Crippen LogP contribution in [0.4, 0.5) is 11.4 Å². The number of aryl methyl sites for hydroxylation is 1. The van der Waals surface area contributed by atoms with Crippen molar-refractivity contribution < 1.29 is 27.5 Å². The summed E-state index contributed by atoms with van der Waals surface area (Å²) in [6, 6.07) is 20.7. The number of fused-ring (bicyclic) bond motifs is 1. The smallest absolute Gasteiger partial charge is 0.330 e. The number of carbonyl (C=O) groups is 2. The summed E-state index contributed by atoms with van der Waals surface area (Å²) in [6.45, 7) is 10.6. The molecule has 0 radical (unpaired) electrons. The van der Waals surface area contributed by atoms with Crippen LogP contribution in [0.2, 0.25) is 0 Å². The standard InChI is InChI=1S/C31H34N2O6S/c1-19(2)27(30(35)39-31(4,5)6)33(40(36)37)24-17-13-22(14-18-24)21-11-15-23(16-12-21)32-29(34)28-20(3)25-9-7-8-10-26(25)38-28/h7-19,27H,1-6H3,(H,32,34)(H,36,37)/p-1. The molecule has 1 heterocycles. The Morgan fingerprint density at radius 3 is 2.05 bits per heavy atom. The molecule has 0 saturated carbocycles. The highest BCUT2D eigenvalue weighted by molar-refractivity contribution is 7.80. The van der Waals surface area contributed by atoms with Gasteiger partial charge in [0.1, 0.15) is 17.2 Å². The molecule has 0 aliphatic heterocycles. The summed E-state index contributed by atoms with van der Waals surface area (Å²) in [5.74, 6) is -0.988. The van der Waals surface area contributed by atoms with Gasteiger partial charge in [0.25, 0.3) is 5.91 Å². The molecule has 3 aromatic carbocycles. The third kappa shape index (κ3) is 6.43. The number of hydrogen-bond donors (Lipinski definition) is 1. The fraction of sp³-hybridized carbons (Fsp3) is 0.290. The monoisotopic (exact) mass is 561 g/mol. The highest BCUT2D eigenvalue weighted by atomic mass is 32.2. The lowest BCUT2D eigenvalue weighted by atomic mass is 10.0. The largest absolute Gasteiger partial charge is 0.755 e. The number of benzene rings is 3. The van der Waals surface area contributed by atoms with Crippen molar-refractivity contribution in [3.63, 3.8) is 0 Å². The topological polar surface area (TPSA) is 112 Å². The van der Waals surface area contributed by atoms with Gasteiger partial charge in [-0.2, -0.15) is 0 Å². The van der Waals surface area contributed by atoms with E-state index in [0.717, 1.165) is 26.4 Å². The summed E-state index contributed by atoms with van der Waals surface area (Å²) in [7, 11) is 0. The Morgan fingerprint density at radius 1 is 0.950 bits per heavy atom. The van der Waals surface area contributed by atoms with Crippen molar-refractivity contribution in [1.82, 2.24) is 0 Å². The molecule has 210 valence electrons. The van der Waals surface area contributed by atoms with E-state index in [0.29, 0.717) is 17.0 Å². The molecule has 9 heteroatoms. The fourth-order valence-corrected chi connectivity index (χ4v) is 5.27. The van der Waals surface area contributed by atoms with E-state index in [1.807, 2.05) is 43.3 Å². The number of anilines is 2. The SMILES string of the molecule is Cc1c(C(=O)Nc2ccc(-c3ccc(N(C(C(=O)OC(C)(C)C)C(C)C)S(=O)[O-])cc3)cc2)oc2ccccc12. The molecule has 1 aromatic heterocycles. The maximum absolute atomic E-state index is 12.9. The number of carbonyl (C=O) groups excluding carboxylic acids is 2. The van der Waals surface area contributed by atoms with Crippen LogP contribution in [-0.2, 0) is 20.8 Å². The molecule has 4 aromatic rings. The van der Waals surface area contributed by atoms with Gasteiger partial charge in [-0.1, -0.05) is 56.3 Å². The van der Waals surface area contributed by atoms with Gasteiger partial charge in [0.15, 0.2) is 5.76 Å². The first-order chi connectivity index (χ1) is 18.9. The maximum atomic E-state index is 12.9. The van der Waals surface area contributed by atoms with Gasteiger partial charge in [0.05, 0.1) is 0 Å². The van der Waals surface area contributed by atoms with Gasteiger partial charge in [-0.05, 0) is 75.1 Å². The second-order valence-corrected chi connectivity index (χ2v) is 11.7. The minimum absolute atomic E-state index is 0.271. The Labute approximate surface area is 236 Å². The number of para-hydroxylation sites is 1. The van der Waals surface area contributed by atoms with E-state index >= 15 is 0 Å². The Bertz CT molecular complexity index is 1540. The second-order valence-electron chi connectivity index (χ2n) is 10.9. The van der Waals surface area contributed by atoms with E-state index in [4.69, 9.17) is 9.15 Å². The van der Waals surface area contributed by atoms with Gasteiger partial charge < -0.3 is 19.0 Å². The van der Waals surface area contributed by atoms with Gasteiger partial charge in [-0.15, -0.1) is 0 Å². The molecule has 1 amide bonds. The third-order valence-corrected chi connectivity index (χ3v) is 7.10. The number of hydrogen-bond acceptors (Lipinski definition) is 6. The van der Waals surface area contributed by atoms with Crippen molar-refractivity contribution in [3.05, 3.63) is 84.1 Å². The minimum Gasteiger partial charge on any atom is -0.755 e. The Kier molecular flexibility index (Phi) is 8.46. The van der Waals surface area contributed by atoms with Crippen molar-refractivity contribution in [3.8, 4) is 11.1 Å². The highest BCUT2D eigenvalue weighted by Gasteiger charge is 2.34. The van der Waals surface area contributed by atoms with Crippen LogP contribution in [0, 0.1) is 12.8 Å². The van der Waals surface area contributed by atoms with Crippen molar-refractivity contribution in [2.45, 2.75) is 53.2 Å². The van der Waals surface area contributed by atoms with E-state index < -0.39 is 28.9 Å². The summed E-state index contributed by atoms with van der Waals surface area (Å²) in [5, 5.41) is 3.77. The molecular weight excluding hydrogens is 528 g/mol. The lowest BCUT2D eigenvalue weighted by Gasteiger charge is -2.36. The van der Waals surface area contributed by atoms with E-state index in [2.05, 4.69) is 5.32 Å². The predicted molar refractivity (Wildman–Crippen MR) is 157 cm³/mol. The number of nitrogens with zero attached hydrogens (tertiary/aromatic N) is 1. The lowest BCUT2D eigenvalue weighted by molar-refractivity contribution is -0.157. The van der Waals surface area contributed by atoms with Gasteiger partial charge in [-0.25, -0.2) is 4.79 Å². The maximum Gasteiger partial charge on any atom is 0.330 e. The molecule has 0 aliphatic rings. The summed E-state index contributed by atoms with van der Waals surface area (Å²) in [4.78, 5) is 25.7. The molecule has 2 unspecified atom stereocenters. The van der Waals surface area contributed by atoms with Gasteiger partial charge in [0, 0.05) is 33.6 Å². The molecule has 8 nitrogen and oxygen atoms in total. The molecule has 40 heavy (non-hydrogen) atoms. The first-order valence-corrected chi connectivity index (χ1v) is 14.0. The van der Waals surface area contributed by atoms with E-state index in [-0.39, 0.29) is 17.6 Å². The number of ether oxygens (including phenoxy) is 1. The minimum atomic E-state index is -2.70. The van der Waals surface area contributed by atoms with Crippen molar-refractivity contribution >= 4 is 45.5 Å². The Morgan fingerprint density at radius 2 is 1.52 bits per heavy atom. The van der Waals surface area contributed by atoms with Crippen LogP contribution in [0.1, 0.15) is 50.7 Å². The molecule has 0 fully saturated rings. The first-order valence-electron chi connectivity index (χ1n) is 13.0. The molecule has 1 N–H and O–H groups in total. The summed E-state index contributed by atoms with van der Waals surface area (Å²) >= 11 is -2.70. The average Bonchev–Trinajstić information content (AvgIpc) is 3.23. The molecule has 2 atom stereocenters. The van der Waals surface area contributed by atoms with Crippen LogP contribution >= 0.6 is 0 Å². The fourth-order valence-electron chi connectivity index (χ4n) is 4.47. The van der Waals surface area contributed by atoms with Gasteiger partial charge in [-0.3, -0.25) is 13.3 Å². The lowest BCUT2D eigenvalue weighted by Crippen LogP contribution is -2.48. The van der Waals surface area contributed by atoms with Gasteiger partial charge in [0.2, 0.25) is 0 Å². The zero-order valence-electron chi connectivity index (χ0n) is 23.4. The summed E-state index contributed by atoms with van der Waals surface area (Å²) in [6.07, 6.45) is 0.